The summed E-state index contributed by atoms with van der Waals surface area (Å²) in [6.07, 6.45) is 0. The van der Waals surface area contributed by atoms with Crippen LogP contribution in [0.25, 0.3) is 0 Å². The molecule has 0 aliphatic carbocycles. The van der Waals surface area contributed by atoms with E-state index in [0.717, 1.165) is 16.3 Å². The van der Waals surface area contributed by atoms with Gasteiger partial charge in [-0.2, -0.15) is 5.10 Å². The Morgan fingerprint density at radius 2 is 1.93 bits per heavy atom. The number of aryl methyl sites for hydroxylation is 2. The second-order valence-electron chi connectivity index (χ2n) is 6.37. The molecule has 0 saturated carbocycles. The molecule has 0 aliphatic rings. The number of carbonyl (C=O) groups excluding carboxylic acids is 2. The molecule has 10 heteroatoms. The summed E-state index contributed by atoms with van der Waals surface area (Å²) in [5, 5.41) is 22.2. The van der Waals surface area contributed by atoms with Crippen molar-refractivity contribution < 1.29 is 14.5 Å². The highest BCUT2D eigenvalue weighted by molar-refractivity contribution is 7.10. The van der Waals surface area contributed by atoms with E-state index in [2.05, 4.69) is 15.7 Å². The number of hydrogen-bond donors (Lipinski definition) is 2. The van der Waals surface area contributed by atoms with E-state index in [1.165, 1.54) is 24.3 Å². The van der Waals surface area contributed by atoms with Crippen molar-refractivity contribution in [3.63, 3.8) is 0 Å². The molecule has 1 atom stereocenters. The molecule has 0 spiro atoms. The second-order valence-corrected chi connectivity index (χ2v) is 7.35. The lowest BCUT2D eigenvalue weighted by Gasteiger charge is -2.18. The van der Waals surface area contributed by atoms with E-state index in [1.54, 1.807) is 11.3 Å². The first-order chi connectivity index (χ1) is 13.8. The number of anilines is 1. The number of benzene rings is 1. The third-order valence-electron chi connectivity index (χ3n) is 4.21. The lowest BCUT2D eigenvalue weighted by atomic mass is 10.2. The van der Waals surface area contributed by atoms with Crippen molar-refractivity contribution in [2.45, 2.75) is 19.9 Å². The Morgan fingerprint density at radius 3 is 2.48 bits per heavy atom. The van der Waals surface area contributed by atoms with Crippen molar-refractivity contribution in [2.24, 2.45) is 0 Å². The van der Waals surface area contributed by atoms with Crippen LogP contribution in [-0.2, 0) is 9.59 Å². The highest BCUT2D eigenvalue weighted by atomic mass is 32.1. The maximum absolute atomic E-state index is 12.3. The SMILES string of the molecule is Cc1cc(C)n(C(CNC(=O)C(=O)Nc2ccc([N+](=O)[O-])cc2)c2cccs2)n1. The van der Waals surface area contributed by atoms with Gasteiger partial charge in [-0.25, -0.2) is 0 Å². The zero-order valence-electron chi connectivity index (χ0n) is 15.8. The molecule has 0 radical (unpaired) electrons. The maximum atomic E-state index is 12.3. The molecule has 0 saturated heterocycles. The third kappa shape index (κ3) is 4.85. The number of nitro groups is 1. The molecule has 2 aromatic heterocycles. The van der Waals surface area contributed by atoms with Gasteiger partial charge >= 0.3 is 11.8 Å². The Morgan fingerprint density at radius 1 is 1.21 bits per heavy atom. The zero-order valence-corrected chi connectivity index (χ0v) is 16.6. The number of carbonyl (C=O) groups is 2. The summed E-state index contributed by atoms with van der Waals surface area (Å²) in [5.41, 5.74) is 2.01. The van der Waals surface area contributed by atoms with E-state index in [0.29, 0.717) is 5.69 Å². The molecule has 1 unspecified atom stereocenters. The number of thiophene rings is 1. The summed E-state index contributed by atoms with van der Waals surface area (Å²) in [6.45, 7) is 4.02. The number of rotatable bonds is 6. The normalized spacial score (nSPS) is 11.7. The largest absolute Gasteiger partial charge is 0.345 e. The van der Waals surface area contributed by atoms with E-state index >= 15 is 0 Å². The Labute approximate surface area is 170 Å². The number of nitro benzene ring substituents is 1. The standard InChI is InChI=1S/C19H19N5O4S/c1-12-10-13(2)23(22-12)16(17-4-3-9-29-17)11-20-18(25)19(26)21-14-5-7-15(8-6-14)24(27)28/h3-10,16H,11H2,1-2H3,(H,20,25)(H,21,26). The topological polar surface area (TPSA) is 119 Å². The highest BCUT2D eigenvalue weighted by Crippen LogP contribution is 2.24. The average molecular weight is 413 g/mol. The number of nitrogens with zero attached hydrogens (tertiary/aromatic N) is 3. The van der Waals surface area contributed by atoms with Crippen LogP contribution in [0.5, 0.6) is 0 Å². The average Bonchev–Trinajstić information content (AvgIpc) is 3.32. The number of nitrogens with one attached hydrogen (secondary N) is 2. The van der Waals surface area contributed by atoms with Crippen LogP contribution in [0.2, 0.25) is 0 Å². The van der Waals surface area contributed by atoms with Crippen LogP contribution in [-0.4, -0.2) is 33.1 Å². The smallest absolute Gasteiger partial charge is 0.313 e. The molecule has 0 bridgehead atoms. The molecular weight excluding hydrogens is 394 g/mol. The number of non-ortho nitro benzene ring substituents is 1. The van der Waals surface area contributed by atoms with Crippen molar-refractivity contribution in [1.29, 1.82) is 0 Å². The Balaban J connectivity index is 1.66. The van der Waals surface area contributed by atoms with Crippen molar-refractivity contribution in [3.8, 4) is 0 Å². The van der Waals surface area contributed by atoms with Gasteiger partial charge in [-0.3, -0.25) is 24.4 Å². The summed E-state index contributed by atoms with van der Waals surface area (Å²) in [6, 6.07) is 10.8. The van der Waals surface area contributed by atoms with Crippen LogP contribution in [0.1, 0.15) is 22.3 Å². The Kier molecular flexibility index (Phi) is 6.03. The van der Waals surface area contributed by atoms with Crippen LogP contribution in [0.15, 0.2) is 47.8 Å². The second kappa shape index (κ2) is 8.65. The first-order valence-corrected chi connectivity index (χ1v) is 9.63. The van der Waals surface area contributed by atoms with Gasteiger partial charge in [0.25, 0.3) is 5.69 Å². The molecule has 9 nitrogen and oxygen atoms in total. The van der Waals surface area contributed by atoms with Gasteiger partial charge in [-0.15, -0.1) is 11.3 Å². The van der Waals surface area contributed by atoms with Gasteiger partial charge in [0.1, 0.15) is 6.04 Å². The molecule has 1 aromatic carbocycles. The van der Waals surface area contributed by atoms with Crippen molar-refractivity contribution >= 4 is 34.5 Å². The lowest BCUT2D eigenvalue weighted by Crippen LogP contribution is -2.39. The predicted octanol–water partition coefficient (Wildman–Crippen LogP) is 2.81. The number of amides is 2. The van der Waals surface area contributed by atoms with Gasteiger partial charge in [0, 0.05) is 34.9 Å². The highest BCUT2D eigenvalue weighted by Gasteiger charge is 2.21. The third-order valence-corrected chi connectivity index (χ3v) is 5.18. The number of aromatic nitrogens is 2. The van der Waals surface area contributed by atoms with Gasteiger partial charge in [0.2, 0.25) is 0 Å². The molecule has 3 rings (SSSR count). The number of hydrogen-bond acceptors (Lipinski definition) is 6. The van der Waals surface area contributed by atoms with E-state index in [9.17, 15) is 19.7 Å². The van der Waals surface area contributed by atoms with Crippen molar-refractivity contribution in [3.05, 3.63) is 74.2 Å². The predicted molar refractivity (Wildman–Crippen MR) is 109 cm³/mol. The zero-order chi connectivity index (χ0) is 21.0. The molecule has 2 amide bonds. The van der Waals surface area contributed by atoms with Crippen molar-refractivity contribution in [1.82, 2.24) is 15.1 Å². The van der Waals surface area contributed by atoms with Gasteiger partial charge < -0.3 is 10.6 Å². The van der Waals surface area contributed by atoms with E-state index in [4.69, 9.17) is 0 Å². The van der Waals surface area contributed by atoms with Crippen LogP contribution < -0.4 is 10.6 Å². The Bertz CT molecular complexity index is 1030. The van der Waals surface area contributed by atoms with Gasteiger partial charge in [0.15, 0.2) is 0 Å². The molecular formula is C19H19N5O4S. The van der Waals surface area contributed by atoms with Gasteiger partial charge in [-0.05, 0) is 43.5 Å². The summed E-state index contributed by atoms with van der Waals surface area (Å²) >= 11 is 1.54. The Hall–Kier alpha value is -3.53. The first-order valence-electron chi connectivity index (χ1n) is 8.75. The minimum Gasteiger partial charge on any atom is -0.345 e. The summed E-state index contributed by atoms with van der Waals surface area (Å²) < 4.78 is 1.83. The van der Waals surface area contributed by atoms with Gasteiger partial charge in [-0.1, -0.05) is 6.07 Å². The quantitative estimate of drug-likeness (QED) is 0.366. The molecule has 2 N–H and O–H groups in total. The minimum absolute atomic E-state index is 0.101. The van der Waals surface area contributed by atoms with Crippen LogP contribution >= 0.6 is 11.3 Å². The molecule has 29 heavy (non-hydrogen) atoms. The molecule has 2 heterocycles. The fraction of sp³-hybridized carbons (Fsp3) is 0.211. The summed E-state index contributed by atoms with van der Waals surface area (Å²) in [4.78, 5) is 35.6. The lowest BCUT2D eigenvalue weighted by molar-refractivity contribution is -0.384. The summed E-state index contributed by atoms with van der Waals surface area (Å²) in [7, 11) is 0. The van der Waals surface area contributed by atoms with E-state index in [-0.39, 0.29) is 18.3 Å². The molecule has 0 fully saturated rings. The molecule has 3 aromatic rings. The van der Waals surface area contributed by atoms with Crippen LogP contribution in [0.3, 0.4) is 0 Å². The first kappa shape index (κ1) is 20.2. The van der Waals surface area contributed by atoms with E-state index < -0.39 is 16.7 Å². The van der Waals surface area contributed by atoms with E-state index in [1.807, 2.05) is 42.1 Å². The summed E-state index contributed by atoms with van der Waals surface area (Å²) in [5.74, 6) is -1.65. The van der Waals surface area contributed by atoms with Crippen LogP contribution in [0.4, 0.5) is 11.4 Å². The maximum Gasteiger partial charge on any atom is 0.313 e. The molecule has 150 valence electrons. The fourth-order valence-electron chi connectivity index (χ4n) is 2.87. The fourth-order valence-corrected chi connectivity index (χ4v) is 3.69. The minimum atomic E-state index is -0.850. The monoisotopic (exact) mass is 413 g/mol. The molecule has 0 aliphatic heterocycles. The van der Waals surface area contributed by atoms with Crippen molar-refractivity contribution in [2.75, 3.05) is 11.9 Å². The van der Waals surface area contributed by atoms with Gasteiger partial charge in [0.05, 0.1) is 10.6 Å². The van der Waals surface area contributed by atoms with Crippen LogP contribution in [0, 0.1) is 24.0 Å².